The van der Waals surface area contributed by atoms with Crippen LogP contribution in [0.25, 0.3) is 0 Å². The van der Waals surface area contributed by atoms with Crippen LogP contribution < -0.4 is 5.73 Å². The van der Waals surface area contributed by atoms with Gasteiger partial charge in [-0.25, -0.2) is 0 Å². The fourth-order valence-electron chi connectivity index (χ4n) is 3.19. The van der Waals surface area contributed by atoms with Gasteiger partial charge < -0.3 is 15.2 Å². The summed E-state index contributed by atoms with van der Waals surface area (Å²) in [5.41, 5.74) is 5.79. The second-order valence-corrected chi connectivity index (χ2v) is 7.85. The minimum atomic E-state index is -3.49. The molecule has 7 nitrogen and oxygen atoms in total. The summed E-state index contributed by atoms with van der Waals surface area (Å²) in [6.45, 7) is 5.37. The van der Waals surface area contributed by atoms with Crippen LogP contribution in [0.5, 0.6) is 0 Å². The highest BCUT2D eigenvalue weighted by molar-refractivity contribution is 7.86. The van der Waals surface area contributed by atoms with E-state index < -0.39 is 10.2 Å². The smallest absolute Gasteiger partial charge is 0.282 e. The predicted octanol–water partition coefficient (Wildman–Crippen LogP) is 0.200. The second kappa shape index (κ2) is 8.23. The summed E-state index contributed by atoms with van der Waals surface area (Å²) in [6, 6.07) is -0.192. The molecule has 2 aliphatic heterocycles. The molecule has 0 aromatic heterocycles. The normalized spacial score (nSPS) is 35.1. The van der Waals surface area contributed by atoms with Gasteiger partial charge in [-0.15, -0.1) is 12.4 Å². The van der Waals surface area contributed by atoms with Crippen LogP contribution in [0.15, 0.2) is 0 Å². The Hall–Kier alpha value is 0.0400. The van der Waals surface area contributed by atoms with Gasteiger partial charge in [0.1, 0.15) is 0 Å². The number of piperidine rings is 1. The number of nitrogens with two attached hydrogens (primary N) is 1. The molecular formula is C13H28ClN3O4S. The molecule has 4 unspecified atom stereocenters. The van der Waals surface area contributed by atoms with E-state index in [9.17, 15) is 8.42 Å². The fourth-order valence-corrected chi connectivity index (χ4v) is 5.17. The first-order chi connectivity index (χ1) is 9.88. The molecule has 2 rings (SSSR count). The number of halogens is 1. The average Bonchev–Trinajstić information content (AvgIpc) is 2.45. The van der Waals surface area contributed by atoms with E-state index >= 15 is 0 Å². The van der Waals surface area contributed by atoms with Gasteiger partial charge in [-0.3, -0.25) is 0 Å². The maximum Gasteiger partial charge on any atom is 0.282 e. The van der Waals surface area contributed by atoms with E-state index in [1.54, 1.807) is 11.4 Å². The van der Waals surface area contributed by atoms with Gasteiger partial charge in [0.05, 0.1) is 18.3 Å². The number of methoxy groups -OCH3 is 1. The zero-order valence-corrected chi connectivity index (χ0v) is 15.1. The van der Waals surface area contributed by atoms with Crippen LogP contribution in [-0.2, 0) is 19.7 Å². The second-order valence-electron chi connectivity index (χ2n) is 5.96. The molecule has 0 bridgehead atoms. The lowest BCUT2D eigenvalue weighted by atomic mass is 10.0. The molecule has 4 atom stereocenters. The Kier molecular flexibility index (Phi) is 7.51. The molecule has 2 saturated heterocycles. The lowest BCUT2D eigenvalue weighted by Gasteiger charge is -2.42. The van der Waals surface area contributed by atoms with Gasteiger partial charge in [0, 0.05) is 39.3 Å². The third kappa shape index (κ3) is 4.31. The lowest BCUT2D eigenvalue weighted by Crippen LogP contribution is -2.58. The third-order valence-corrected chi connectivity index (χ3v) is 6.25. The third-order valence-electron chi connectivity index (χ3n) is 4.23. The highest BCUT2D eigenvalue weighted by Gasteiger charge is 2.41. The zero-order valence-electron chi connectivity index (χ0n) is 13.5. The SMILES string of the molecule is COC1CCN(S(=O)(=O)N2CC(C)OC(C)C2)C(CN)C1.Cl. The van der Waals surface area contributed by atoms with Crippen molar-refractivity contribution in [2.45, 2.75) is 51.0 Å². The fraction of sp³-hybridized carbons (Fsp3) is 1.00. The van der Waals surface area contributed by atoms with Crippen LogP contribution in [0, 0.1) is 0 Å². The van der Waals surface area contributed by atoms with Crippen molar-refractivity contribution in [3.8, 4) is 0 Å². The largest absolute Gasteiger partial charge is 0.381 e. The highest BCUT2D eigenvalue weighted by atomic mass is 35.5. The van der Waals surface area contributed by atoms with E-state index in [-0.39, 0.29) is 36.8 Å². The molecule has 0 spiro atoms. The quantitative estimate of drug-likeness (QED) is 0.777. The van der Waals surface area contributed by atoms with Gasteiger partial charge in [0.25, 0.3) is 10.2 Å². The summed E-state index contributed by atoms with van der Waals surface area (Å²) in [5, 5.41) is 0. The Labute approximate surface area is 139 Å². The Morgan fingerprint density at radius 1 is 1.27 bits per heavy atom. The van der Waals surface area contributed by atoms with E-state index in [1.807, 2.05) is 13.8 Å². The lowest BCUT2D eigenvalue weighted by molar-refractivity contribution is -0.0467. The first-order valence-corrected chi connectivity index (χ1v) is 8.93. The van der Waals surface area contributed by atoms with Crippen molar-refractivity contribution in [1.29, 1.82) is 0 Å². The molecule has 22 heavy (non-hydrogen) atoms. The Balaban J connectivity index is 0.00000242. The summed E-state index contributed by atoms with van der Waals surface area (Å²) >= 11 is 0. The maximum absolute atomic E-state index is 12.9. The number of morpholine rings is 1. The standard InChI is InChI=1S/C13H27N3O4S.ClH/c1-10-8-15(9-11(2)20-10)21(17,18)16-5-4-13(19-3)6-12(16)7-14;/h10-13H,4-9,14H2,1-3H3;1H. The average molecular weight is 358 g/mol. The molecule has 0 aromatic carbocycles. The molecule has 0 amide bonds. The molecule has 132 valence electrons. The van der Waals surface area contributed by atoms with Gasteiger partial charge in [-0.2, -0.15) is 17.0 Å². The van der Waals surface area contributed by atoms with Crippen molar-refractivity contribution in [3.05, 3.63) is 0 Å². The molecule has 0 saturated carbocycles. The van der Waals surface area contributed by atoms with Crippen LogP contribution in [0.4, 0.5) is 0 Å². The summed E-state index contributed by atoms with van der Waals surface area (Å²) in [6.07, 6.45) is 1.28. The molecule has 9 heteroatoms. The predicted molar refractivity (Wildman–Crippen MR) is 87.3 cm³/mol. The molecule has 2 fully saturated rings. The van der Waals surface area contributed by atoms with Gasteiger partial charge in [0.2, 0.25) is 0 Å². The highest BCUT2D eigenvalue weighted by Crippen LogP contribution is 2.26. The van der Waals surface area contributed by atoms with Crippen LogP contribution in [-0.4, -0.2) is 74.7 Å². The minimum Gasteiger partial charge on any atom is -0.381 e. The van der Waals surface area contributed by atoms with Gasteiger partial charge in [-0.05, 0) is 26.7 Å². The van der Waals surface area contributed by atoms with E-state index in [1.165, 1.54) is 4.31 Å². The van der Waals surface area contributed by atoms with Crippen LogP contribution in [0.3, 0.4) is 0 Å². The molecular weight excluding hydrogens is 330 g/mol. The minimum absolute atomic E-state index is 0. The molecule has 0 aromatic rings. The van der Waals surface area contributed by atoms with E-state index in [4.69, 9.17) is 15.2 Å². The van der Waals surface area contributed by atoms with Crippen molar-refractivity contribution < 1.29 is 17.9 Å². The topological polar surface area (TPSA) is 85.1 Å². The van der Waals surface area contributed by atoms with Gasteiger partial charge >= 0.3 is 0 Å². The molecule has 0 radical (unpaired) electrons. The Morgan fingerprint density at radius 2 is 1.86 bits per heavy atom. The molecule has 0 aliphatic carbocycles. The number of hydrogen-bond acceptors (Lipinski definition) is 5. The van der Waals surface area contributed by atoms with E-state index in [0.29, 0.717) is 39.0 Å². The van der Waals surface area contributed by atoms with Crippen molar-refractivity contribution in [3.63, 3.8) is 0 Å². The Bertz CT molecular complexity index is 441. The first-order valence-electron chi connectivity index (χ1n) is 7.53. The maximum atomic E-state index is 12.9. The number of hydrogen-bond donors (Lipinski definition) is 1. The number of rotatable bonds is 4. The number of nitrogens with zero attached hydrogens (tertiary/aromatic N) is 2. The van der Waals surface area contributed by atoms with Crippen molar-refractivity contribution in [1.82, 2.24) is 8.61 Å². The van der Waals surface area contributed by atoms with Gasteiger partial charge in [0.15, 0.2) is 0 Å². The Morgan fingerprint density at radius 3 is 2.36 bits per heavy atom. The van der Waals surface area contributed by atoms with Gasteiger partial charge in [-0.1, -0.05) is 0 Å². The van der Waals surface area contributed by atoms with E-state index in [2.05, 4.69) is 0 Å². The molecule has 2 aliphatic rings. The zero-order chi connectivity index (χ0) is 15.6. The summed E-state index contributed by atoms with van der Waals surface area (Å²) in [4.78, 5) is 0. The van der Waals surface area contributed by atoms with Crippen molar-refractivity contribution in [2.75, 3.05) is 33.3 Å². The molecule has 2 heterocycles. The summed E-state index contributed by atoms with van der Waals surface area (Å²) in [5.74, 6) is 0. The van der Waals surface area contributed by atoms with Crippen LogP contribution in [0.2, 0.25) is 0 Å². The van der Waals surface area contributed by atoms with Crippen molar-refractivity contribution in [2.24, 2.45) is 5.73 Å². The monoisotopic (exact) mass is 357 g/mol. The molecule has 2 N–H and O–H groups in total. The summed E-state index contributed by atoms with van der Waals surface area (Å²) < 4.78 is 39.8. The van der Waals surface area contributed by atoms with E-state index in [0.717, 1.165) is 0 Å². The van der Waals surface area contributed by atoms with Crippen LogP contribution >= 0.6 is 12.4 Å². The summed E-state index contributed by atoms with van der Waals surface area (Å²) in [7, 11) is -1.83. The number of ether oxygens (including phenoxy) is 2. The van der Waals surface area contributed by atoms with Crippen LogP contribution in [0.1, 0.15) is 26.7 Å². The van der Waals surface area contributed by atoms with Crippen molar-refractivity contribution >= 4 is 22.6 Å². The first kappa shape index (κ1) is 20.1.